The third kappa shape index (κ3) is 3.10. The van der Waals surface area contributed by atoms with E-state index in [-0.39, 0.29) is 23.8 Å². The molecule has 1 aromatic heterocycles. The number of phenolic OH excluding ortho intramolecular Hbond substituents is 1. The minimum absolute atomic E-state index is 0.0530. The van der Waals surface area contributed by atoms with Gasteiger partial charge in [-0.05, 0) is 24.3 Å². The molecule has 1 amide bonds. The molecule has 18 heavy (non-hydrogen) atoms. The Hall–Kier alpha value is -2.30. The summed E-state index contributed by atoms with van der Waals surface area (Å²) < 4.78 is 18.4. The van der Waals surface area contributed by atoms with Crippen LogP contribution in [-0.2, 0) is 11.2 Å². The second-order valence-corrected chi connectivity index (χ2v) is 3.79. The van der Waals surface area contributed by atoms with Crippen molar-refractivity contribution in [1.29, 1.82) is 0 Å². The highest BCUT2D eigenvalue weighted by atomic mass is 19.1. The highest BCUT2D eigenvalue weighted by Crippen LogP contribution is 2.19. The SMILES string of the molecule is O=C(CCc1ccco1)Nc1ccc(O)cc1F. The number of aromatic hydroxyl groups is 1. The van der Waals surface area contributed by atoms with Gasteiger partial charge in [-0.2, -0.15) is 0 Å². The summed E-state index contributed by atoms with van der Waals surface area (Å²) in [4.78, 5) is 11.6. The fourth-order valence-corrected chi connectivity index (χ4v) is 1.51. The zero-order valence-corrected chi connectivity index (χ0v) is 9.52. The molecule has 4 nitrogen and oxygen atoms in total. The number of amides is 1. The number of rotatable bonds is 4. The van der Waals surface area contributed by atoms with Crippen molar-refractivity contribution in [3.05, 3.63) is 48.2 Å². The number of phenols is 1. The van der Waals surface area contributed by atoms with Crippen LogP contribution in [0.1, 0.15) is 12.2 Å². The number of benzene rings is 1. The van der Waals surface area contributed by atoms with Gasteiger partial charge in [0.05, 0.1) is 12.0 Å². The minimum Gasteiger partial charge on any atom is -0.508 e. The van der Waals surface area contributed by atoms with Crippen LogP contribution in [0, 0.1) is 5.82 Å². The van der Waals surface area contributed by atoms with Crippen molar-refractivity contribution in [1.82, 2.24) is 0 Å². The normalized spacial score (nSPS) is 10.3. The Morgan fingerprint density at radius 1 is 1.39 bits per heavy atom. The average Bonchev–Trinajstić information content (AvgIpc) is 2.83. The number of aryl methyl sites for hydroxylation is 1. The van der Waals surface area contributed by atoms with Gasteiger partial charge < -0.3 is 14.8 Å². The summed E-state index contributed by atoms with van der Waals surface area (Å²) in [6.07, 6.45) is 2.19. The van der Waals surface area contributed by atoms with Gasteiger partial charge >= 0.3 is 0 Å². The summed E-state index contributed by atoms with van der Waals surface area (Å²) >= 11 is 0. The molecule has 0 aliphatic rings. The van der Waals surface area contributed by atoms with Crippen molar-refractivity contribution < 1.29 is 18.7 Å². The van der Waals surface area contributed by atoms with E-state index in [2.05, 4.69) is 5.32 Å². The number of hydrogen-bond acceptors (Lipinski definition) is 3. The molecule has 0 unspecified atom stereocenters. The van der Waals surface area contributed by atoms with Crippen molar-refractivity contribution in [3.8, 4) is 5.75 Å². The van der Waals surface area contributed by atoms with E-state index >= 15 is 0 Å². The molecule has 0 bridgehead atoms. The number of carbonyl (C=O) groups excluding carboxylic acids is 1. The van der Waals surface area contributed by atoms with Gasteiger partial charge in [-0.25, -0.2) is 4.39 Å². The Morgan fingerprint density at radius 3 is 2.89 bits per heavy atom. The van der Waals surface area contributed by atoms with Gasteiger partial charge in [0.25, 0.3) is 0 Å². The molecule has 2 N–H and O–H groups in total. The Bertz CT molecular complexity index is 537. The van der Waals surface area contributed by atoms with Crippen LogP contribution in [0.3, 0.4) is 0 Å². The summed E-state index contributed by atoms with van der Waals surface area (Å²) in [5.74, 6) is -0.449. The van der Waals surface area contributed by atoms with E-state index in [1.54, 1.807) is 12.1 Å². The first-order valence-corrected chi connectivity index (χ1v) is 5.46. The highest BCUT2D eigenvalue weighted by molar-refractivity contribution is 5.90. The summed E-state index contributed by atoms with van der Waals surface area (Å²) in [6.45, 7) is 0. The molecule has 0 fully saturated rings. The van der Waals surface area contributed by atoms with E-state index in [9.17, 15) is 9.18 Å². The topological polar surface area (TPSA) is 62.5 Å². The Balaban J connectivity index is 1.91. The van der Waals surface area contributed by atoms with Gasteiger partial charge in [-0.3, -0.25) is 4.79 Å². The van der Waals surface area contributed by atoms with E-state index < -0.39 is 5.82 Å². The van der Waals surface area contributed by atoms with E-state index in [4.69, 9.17) is 9.52 Å². The molecule has 2 rings (SSSR count). The zero-order chi connectivity index (χ0) is 13.0. The fourth-order valence-electron chi connectivity index (χ4n) is 1.51. The van der Waals surface area contributed by atoms with Gasteiger partial charge in [-0.15, -0.1) is 0 Å². The lowest BCUT2D eigenvalue weighted by atomic mass is 10.2. The molecule has 0 atom stereocenters. The third-order valence-electron chi connectivity index (χ3n) is 2.41. The molecule has 5 heteroatoms. The molecule has 2 aromatic rings. The second-order valence-electron chi connectivity index (χ2n) is 3.79. The van der Waals surface area contributed by atoms with E-state index in [1.165, 1.54) is 18.4 Å². The summed E-state index contributed by atoms with van der Waals surface area (Å²) in [7, 11) is 0. The van der Waals surface area contributed by atoms with Crippen LogP contribution >= 0.6 is 0 Å². The maximum atomic E-state index is 13.3. The molecular formula is C13H12FNO3. The number of furan rings is 1. The highest BCUT2D eigenvalue weighted by Gasteiger charge is 2.08. The summed E-state index contributed by atoms with van der Waals surface area (Å²) in [6, 6.07) is 7.09. The molecule has 0 saturated carbocycles. The van der Waals surface area contributed by atoms with E-state index in [0.717, 1.165) is 6.07 Å². The Kier molecular flexibility index (Phi) is 3.62. The predicted octanol–water partition coefficient (Wildman–Crippen LogP) is 2.70. The van der Waals surface area contributed by atoms with Crippen molar-refractivity contribution >= 4 is 11.6 Å². The van der Waals surface area contributed by atoms with Gasteiger partial charge in [-0.1, -0.05) is 0 Å². The number of hydrogen-bond donors (Lipinski definition) is 2. The van der Waals surface area contributed by atoms with Crippen LogP contribution in [0.2, 0.25) is 0 Å². The molecule has 0 radical (unpaired) electrons. The molecule has 0 aliphatic heterocycles. The van der Waals surface area contributed by atoms with Crippen molar-refractivity contribution in [3.63, 3.8) is 0 Å². The lowest BCUT2D eigenvalue weighted by molar-refractivity contribution is -0.116. The third-order valence-corrected chi connectivity index (χ3v) is 2.41. The molecule has 0 aliphatic carbocycles. The molecule has 0 spiro atoms. The van der Waals surface area contributed by atoms with Crippen molar-refractivity contribution in [2.24, 2.45) is 0 Å². The standard InChI is InChI=1S/C13H12FNO3/c14-11-8-9(16)3-5-12(11)15-13(17)6-4-10-2-1-7-18-10/h1-3,5,7-8,16H,4,6H2,(H,15,17). The quantitative estimate of drug-likeness (QED) is 0.819. The zero-order valence-electron chi connectivity index (χ0n) is 9.52. The summed E-state index contributed by atoms with van der Waals surface area (Å²) in [5.41, 5.74) is 0.0530. The number of carbonyl (C=O) groups is 1. The monoisotopic (exact) mass is 249 g/mol. The molecule has 1 aromatic carbocycles. The molecular weight excluding hydrogens is 237 g/mol. The minimum atomic E-state index is -0.665. The lowest BCUT2D eigenvalue weighted by Crippen LogP contribution is -2.13. The smallest absolute Gasteiger partial charge is 0.224 e. The van der Waals surface area contributed by atoms with Crippen LogP contribution in [0.5, 0.6) is 5.75 Å². The Labute approximate surface area is 103 Å². The second kappa shape index (κ2) is 5.35. The molecule has 0 saturated heterocycles. The van der Waals surface area contributed by atoms with Gasteiger partial charge in [0.1, 0.15) is 17.3 Å². The maximum absolute atomic E-state index is 13.3. The summed E-state index contributed by atoms with van der Waals surface area (Å²) in [5, 5.41) is 11.5. The number of halogens is 1. The first-order chi connectivity index (χ1) is 8.65. The van der Waals surface area contributed by atoms with Crippen molar-refractivity contribution in [2.75, 3.05) is 5.32 Å². The maximum Gasteiger partial charge on any atom is 0.224 e. The van der Waals surface area contributed by atoms with Gasteiger partial charge in [0, 0.05) is 18.9 Å². The van der Waals surface area contributed by atoms with Gasteiger partial charge in [0.2, 0.25) is 5.91 Å². The van der Waals surface area contributed by atoms with Crippen LogP contribution in [0.4, 0.5) is 10.1 Å². The number of anilines is 1. The Morgan fingerprint density at radius 2 is 2.22 bits per heavy atom. The van der Waals surface area contributed by atoms with Crippen LogP contribution < -0.4 is 5.32 Å². The first kappa shape index (κ1) is 12.2. The van der Waals surface area contributed by atoms with Crippen LogP contribution in [0.15, 0.2) is 41.0 Å². The van der Waals surface area contributed by atoms with Crippen molar-refractivity contribution in [2.45, 2.75) is 12.8 Å². The average molecular weight is 249 g/mol. The van der Waals surface area contributed by atoms with E-state index in [1.807, 2.05) is 0 Å². The molecule has 94 valence electrons. The van der Waals surface area contributed by atoms with Crippen LogP contribution in [-0.4, -0.2) is 11.0 Å². The van der Waals surface area contributed by atoms with Crippen LogP contribution in [0.25, 0.3) is 0 Å². The van der Waals surface area contributed by atoms with Gasteiger partial charge in [0.15, 0.2) is 0 Å². The molecule has 1 heterocycles. The lowest BCUT2D eigenvalue weighted by Gasteiger charge is -2.06. The first-order valence-electron chi connectivity index (χ1n) is 5.46. The fraction of sp³-hybridized carbons (Fsp3) is 0.154. The predicted molar refractivity (Wildman–Crippen MR) is 63.7 cm³/mol. The number of nitrogens with one attached hydrogen (secondary N) is 1. The van der Waals surface area contributed by atoms with E-state index in [0.29, 0.717) is 12.2 Å². The largest absolute Gasteiger partial charge is 0.508 e.